The van der Waals surface area contributed by atoms with E-state index in [1.54, 1.807) is 0 Å². The molecular formula is C54H68O2. The van der Waals surface area contributed by atoms with E-state index >= 15 is 0 Å². The first-order valence-corrected chi connectivity index (χ1v) is 22.6. The first-order chi connectivity index (χ1) is 27.8. The van der Waals surface area contributed by atoms with Gasteiger partial charge in [-0.05, 0) is 91.7 Å². The third-order valence-electron chi connectivity index (χ3n) is 11.7. The van der Waals surface area contributed by atoms with Gasteiger partial charge in [-0.1, -0.05) is 214 Å². The van der Waals surface area contributed by atoms with Gasteiger partial charge in [0, 0.05) is 0 Å². The van der Waals surface area contributed by atoms with Gasteiger partial charge in [0.15, 0.2) is 11.5 Å². The normalized spacial score (nSPS) is 11.5. The second-order valence-corrected chi connectivity index (χ2v) is 16.2. The average Bonchev–Trinajstić information content (AvgIpc) is 3.25. The van der Waals surface area contributed by atoms with Crippen LogP contribution < -0.4 is 9.47 Å². The summed E-state index contributed by atoms with van der Waals surface area (Å²) in [4.78, 5) is 0. The summed E-state index contributed by atoms with van der Waals surface area (Å²) < 4.78 is 13.3. The van der Waals surface area contributed by atoms with E-state index in [1.807, 2.05) is 0 Å². The van der Waals surface area contributed by atoms with Gasteiger partial charge in [-0.2, -0.15) is 0 Å². The lowest BCUT2D eigenvalue weighted by Gasteiger charge is -2.18. The maximum Gasteiger partial charge on any atom is 0.161 e. The van der Waals surface area contributed by atoms with E-state index in [0.29, 0.717) is 0 Å². The highest BCUT2D eigenvalue weighted by molar-refractivity contribution is 6.26. The molecule has 6 aromatic rings. The van der Waals surface area contributed by atoms with Gasteiger partial charge in [-0.15, -0.1) is 0 Å². The highest BCUT2D eigenvalue weighted by atomic mass is 16.5. The minimum absolute atomic E-state index is 0.723. The van der Waals surface area contributed by atoms with Gasteiger partial charge >= 0.3 is 0 Å². The first kappa shape index (κ1) is 41.3. The van der Waals surface area contributed by atoms with Crippen LogP contribution in [-0.4, -0.2) is 13.2 Å². The molecule has 56 heavy (non-hydrogen) atoms. The fourth-order valence-electron chi connectivity index (χ4n) is 8.40. The monoisotopic (exact) mass is 749 g/mol. The lowest BCUT2D eigenvalue weighted by Crippen LogP contribution is -2.03. The van der Waals surface area contributed by atoms with Crippen LogP contribution >= 0.6 is 0 Å². The minimum atomic E-state index is 0.723. The van der Waals surface area contributed by atoms with E-state index in [1.165, 1.54) is 170 Å². The molecule has 0 bridgehead atoms. The molecule has 0 aliphatic carbocycles. The number of hydrogen-bond donors (Lipinski definition) is 0. The van der Waals surface area contributed by atoms with E-state index < -0.39 is 0 Å². The van der Waals surface area contributed by atoms with Crippen LogP contribution in [0.4, 0.5) is 0 Å². The standard InChI is InChI=1S/C54H68O2/c1-3-5-7-9-11-13-15-17-19-27-37-55-53-41-51-47-35-33-45(43-29-23-21-24-30-43)39-49(47)50-40-46(44-31-25-22-26-32-44)34-36-48(50)52(51)42-54(53)56-38-28-20-18-16-14-12-10-8-6-4-2/h21-26,29-36,39-42H,3-20,27-28,37-38H2,1-2H3. The molecule has 0 heterocycles. The largest absolute Gasteiger partial charge is 0.490 e. The van der Waals surface area contributed by atoms with Gasteiger partial charge in [0.2, 0.25) is 0 Å². The van der Waals surface area contributed by atoms with Crippen molar-refractivity contribution < 1.29 is 9.47 Å². The Morgan fingerprint density at radius 3 is 0.964 bits per heavy atom. The molecule has 296 valence electrons. The van der Waals surface area contributed by atoms with Crippen molar-refractivity contribution in [1.29, 1.82) is 0 Å². The fourth-order valence-corrected chi connectivity index (χ4v) is 8.40. The van der Waals surface area contributed by atoms with Crippen molar-refractivity contribution in [3.63, 3.8) is 0 Å². The van der Waals surface area contributed by atoms with Gasteiger partial charge in [0.1, 0.15) is 0 Å². The Morgan fingerprint density at radius 1 is 0.286 bits per heavy atom. The number of fused-ring (bicyclic) bond motifs is 6. The summed E-state index contributed by atoms with van der Waals surface area (Å²) in [5, 5.41) is 7.50. The SMILES string of the molecule is CCCCCCCCCCCCOc1cc2c3ccc(-c4ccccc4)cc3c3cc(-c4ccccc4)ccc3c2cc1OCCCCCCCCCCCC. The molecular weight excluding hydrogens is 681 g/mol. The first-order valence-electron chi connectivity index (χ1n) is 22.6. The summed E-state index contributed by atoms with van der Waals surface area (Å²) in [5.74, 6) is 1.77. The van der Waals surface area contributed by atoms with Gasteiger partial charge in [0.05, 0.1) is 13.2 Å². The molecule has 0 aliphatic rings. The van der Waals surface area contributed by atoms with E-state index in [0.717, 1.165) is 37.6 Å². The van der Waals surface area contributed by atoms with Crippen molar-refractivity contribution in [2.75, 3.05) is 13.2 Å². The van der Waals surface area contributed by atoms with Gasteiger partial charge in [-0.25, -0.2) is 0 Å². The Morgan fingerprint density at radius 2 is 0.607 bits per heavy atom. The van der Waals surface area contributed by atoms with E-state index in [-0.39, 0.29) is 0 Å². The number of hydrogen-bond acceptors (Lipinski definition) is 2. The van der Waals surface area contributed by atoms with Crippen LogP contribution in [0.3, 0.4) is 0 Å². The molecule has 6 rings (SSSR count). The Kier molecular flexibility index (Phi) is 17.0. The molecule has 0 aromatic heterocycles. The molecule has 0 saturated carbocycles. The summed E-state index contributed by atoms with van der Waals surface area (Å²) in [5.41, 5.74) is 4.94. The third kappa shape index (κ3) is 11.9. The van der Waals surface area contributed by atoms with Crippen LogP contribution in [0, 0.1) is 0 Å². The molecule has 0 N–H and O–H groups in total. The van der Waals surface area contributed by atoms with Crippen LogP contribution in [0.5, 0.6) is 11.5 Å². The minimum Gasteiger partial charge on any atom is -0.490 e. The smallest absolute Gasteiger partial charge is 0.161 e. The van der Waals surface area contributed by atoms with Crippen molar-refractivity contribution in [3.8, 4) is 33.8 Å². The fraction of sp³-hybridized carbons (Fsp3) is 0.444. The molecule has 0 aliphatic heterocycles. The van der Waals surface area contributed by atoms with E-state index in [9.17, 15) is 0 Å². The van der Waals surface area contributed by atoms with Crippen molar-refractivity contribution in [1.82, 2.24) is 0 Å². The Balaban J connectivity index is 1.25. The Bertz CT molecular complexity index is 1880. The summed E-state index contributed by atoms with van der Waals surface area (Å²) in [7, 11) is 0. The van der Waals surface area contributed by atoms with Gasteiger partial charge in [0.25, 0.3) is 0 Å². The molecule has 0 spiro atoms. The van der Waals surface area contributed by atoms with Crippen molar-refractivity contribution in [2.45, 2.75) is 142 Å². The van der Waals surface area contributed by atoms with E-state index in [2.05, 4.69) is 123 Å². The van der Waals surface area contributed by atoms with Crippen LogP contribution in [-0.2, 0) is 0 Å². The summed E-state index contributed by atoms with van der Waals surface area (Å²) in [6.45, 7) is 6.03. The third-order valence-corrected chi connectivity index (χ3v) is 11.7. The molecule has 0 amide bonds. The maximum atomic E-state index is 6.67. The van der Waals surface area contributed by atoms with Crippen LogP contribution in [0.25, 0.3) is 54.6 Å². The zero-order valence-corrected chi connectivity index (χ0v) is 34.8. The summed E-state index contributed by atoms with van der Waals surface area (Å²) >= 11 is 0. The quantitative estimate of drug-likeness (QED) is 0.0406. The zero-order valence-electron chi connectivity index (χ0n) is 34.8. The second kappa shape index (κ2) is 23.1. The van der Waals surface area contributed by atoms with Gasteiger partial charge in [-0.3, -0.25) is 0 Å². The van der Waals surface area contributed by atoms with Crippen LogP contribution in [0.1, 0.15) is 142 Å². The molecule has 2 heteroatoms. The van der Waals surface area contributed by atoms with Crippen molar-refractivity contribution in [2.24, 2.45) is 0 Å². The maximum absolute atomic E-state index is 6.67. The molecule has 0 unspecified atom stereocenters. The van der Waals surface area contributed by atoms with Gasteiger partial charge < -0.3 is 9.47 Å². The van der Waals surface area contributed by atoms with E-state index in [4.69, 9.17) is 9.47 Å². The second-order valence-electron chi connectivity index (χ2n) is 16.2. The van der Waals surface area contributed by atoms with Crippen molar-refractivity contribution >= 4 is 32.3 Å². The number of benzene rings is 6. The molecule has 0 atom stereocenters. The highest BCUT2D eigenvalue weighted by Crippen LogP contribution is 2.43. The lowest BCUT2D eigenvalue weighted by atomic mass is 9.90. The molecule has 2 nitrogen and oxygen atoms in total. The number of ether oxygens (including phenoxy) is 2. The molecule has 0 saturated heterocycles. The lowest BCUT2D eigenvalue weighted by molar-refractivity contribution is 0.259. The highest BCUT2D eigenvalue weighted by Gasteiger charge is 2.16. The van der Waals surface area contributed by atoms with Crippen molar-refractivity contribution in [3.05, 3.63) is 109 Å². The summed E-state index contributed by atoms with van der Waals surface area (Å²) in [6, 6.07) is 40.1. The predicted molar refractivity (Wildman–Crippen MR) is 245 cm³/mol. The topological polar surface area (TPSA) is 18.5 Å². The Labute approximate surface area is 339 Å². The molecule has 0 radical (unpaired) electrons. The molecule has 0 fully saturated rings. The molecule has 6 aromatic carbocycles. The zero-order chi connectivity index (χ0) is 38.6. The van der Waals surface area contributed by atoms with Crippen LogP contribution in [0.15, 0.2) is 109 Å². The number of unbranched alkanes of at least 4 members (excludes halogenated alkanes) is 18. The summed E-state index contributed by atoms with van der Waals surface area (Å²) in [6.07, 6.45) is 26.3. The average molecular weight is 749 g/mol. The number of rotatable bonds is 26. The van der Waals surface area contributed by atoms with Crippen LogP contribution in [0.2, 0.25) is 0 Å². The Hall–Kier alpha value is -4.30. The predicted octanol–water partition coefficient (Wildman–Crippen LogP) is 17.1.